The van der Waals surface area contributed by atoms with Crippen LogP contribution in [0.5, 0.6) is 23.0 Å². The second-order valence-corrected chi connectivity index (χ2v) is 22.6. The van der Waals surface area contributed by atoms with E-state index in [1.165, 1.54) is 86.9 Å². The molecule has 0 heterocycles. The van der Waals surface area contributed by atoms with Crippen molar-refractivity contribution in [1.29, 1.82) is 0 Å². The van der Waals surface area contributed by atoms with Gasteiger partial charge in [-0.15, -0.1) is 0 Å². The highest BCUT2D eigenvalue weighted by molar-refractivity contribution is 6.47. The molecule has 0 aliphatic heterocycles. The molecule has 0 fully saturated rings. The highest BCUT2D eigenvalue weighted by Crippen LogP contribution is 2.58. The topological polar surface area (TPSA) is 43.4 Å². The summed E-state index contributed by atoms with van der Waals surface area (Å²) in [5, 5.41) is 14.9. The predicted octanol–water partition coefficient (Wildman–Crippen LogP) is 22.1. The molecule has 0 aliphatic carbocycles. The Hall–Kier alpha value is -9.26. The lowest BCUT2D eigenvalue weighted by Crippen LogP contribution is -2.13. The first kappa shape index (κ1) is 54.0. The number of nitrogens with zero attached hydrogens (tertiary/aromatic N) is 2. The average molecular weight is 1100 g/mol. The Morgan fingerprint density at radius 2 is 0.536 bits per heavy atom. The molecule has 0 saturated heterocycles. The van der Waals surface area contributed by atoms with Gasteiger partial charge < -0.3 is 28.7 Å². The van der Waals surface area contributed by atoms with Crippen LogP contribution >= 0.6 is 0 Å². The molecule has 0 bridgehead atoms. The molecule has 0 N–H and O–H groups in total. The number of hydrogen-bond acceptors (Lipinski definition) is 6. The summed E-state index contributed by atoms with van der Waals surface area (Å²) < 4.78 is 24.9. The van der Waals surface area contributed by atoms with E-state index in [9.17, 15) is 0 Å². The summed E-state index contributed by atoms with van der Waals surface area (Å²) in [5.74, 6) is 3.52. The van der Waals surface area contributed by atoms with E-state index in [4.69, 9.17) is 18.9 Å². The molecule has 84 heavy (non-hydrogen) atoms. The SMILES string of the molecule is CCCOc1ccc(N(c2ccc(OCCC)cc2C)c2ccc3c4c(-c5ccccc5)c5c6cccc7c(N(c8ccc(OCCC)cc8C)c8ccc(OCCC)cc8C)ccc(c5c(-c5ccccc5)c4c4cccc2c43)c76)c(C)c1. The maximum absolute atomic E-state index is 6.22. The molecule has 0 saturated carbocycles. The first-order chi connectivity index (χ1) is 41.2. The van der Waals surface area contributed by atoms with Gasteiger partial charge in [-0.3, -0.25) is 0 Å². The Balaban J connectivity index is 1.12. The standard InChI is InChI=1S/C78H72N2O4/c1-9-41-81-55-29-35-65(49(5)45-55)79(66-36-30-56(46-50(66)6)82-42-10-2)69-39-33-63-73-59(69)25-19-27-61(73)75-71(53-21-15-13-16-22-53)78-64-34-40-70(60-26-20-28-62(74(60)64)76(78)72(77(63)75)54-23-17-14-18-24-54)80(67-37-31-57(47-51(67)7)83-43-11-3)68-38-32-58(48-52(68)8)84-44-12-4/h13-40,45-48H,9-12,41-44H2,1-8H3. The monoisotopic (exact) mass is 1100 g/mol. The van der Waals surface area contributed by atoms with Gasteiger partial charge in [0.15, 0.2) is 0 Å². The minimum atomic E-state index is 0.671. The Kier molecular flexibility index (Phi) is 14.7. The number of hydrogen-bond donors (Lipinski definition) is 0. The third-order valence-corrected chi connectivity index (χ3v) is 16.7. The number of aryl methyl sites for hydroxylation is 4. The van der Waals surface area contributed by atoms with Crippen LogP contribution in [-0.2, 0) is 0 Å². The van der Waals surface area contributed by atoms with Gasteiger partial charge in [-0.1, -0.05) is 137 Å². The fraction of sp³-hybridized carbons (Fsp3) is 0.205. The molecule has 418 valence electrons. The lowest BCUT2D eigenvalue weighted by Gasteiger charge is -2.30. The van der Waals surface area contributed by atoms with Crippen LogP contribution in [0.3, 0.4) is 0 Å². The van der Waals surface area contributed by atoms with Crippen molar-refractivity contribution in [1.82, 2.24) is 0 Å². The first-order valence-corrected chi connectivity index (χ1v) is 30.2. The molecule has 13 aromatic rings. The average Bonchev–Trinajstić information content (AvgIpc) is 1.54. The van der Waals surface area contributed by atoms with Gasteiger partial charge in [0.05, 0.1) is 37.8 Å². The van der Waals surface area contributed by atoms with Gasteiger partial charge in [-0.2, -0.15) is 0 Å². The maximum Gasteiger partial charge on any atom is 0.119 e. The van der Waals surface area contributed by atoms with Crippen molar-refractivity contribution in [2.75, 3.05) is 36.2 Å². The van der Waals surface area contributed by atoms with Crippen molar-refractivity contribution in [2.45, 2.75) is 81.1 Å². The zero-order chi connectivity index (χ0) is 57.6. The van der Waals surface area contributed by atoms with E-state index in [-0.39, 0.29) is 0 Å². The number of benzene rings is 11. The highest BCUT2D eigenvalue weighted by Gasteiger charge is 2.31. The molecule has 0 aliphatic rings. The van der Waals surface area contributed by atoms with Crippen LogP contribution in [0, 0.1) is 27.7 Å². The molecule has 13 rings (SSSR count). The zero-order valence-electron chi connectivity index (χ0n) is 49.7. The highest BCUT2D eigenvalue weighted by atomic mass is 16.5. The van der Waals surface area contributed by atoms with E-state index in [2.05, 4.69) is 259 Å². The molecule has 6 heteroatoms. The smallest absolute Gasteiger partial charge is 0.119 e. The molecule has 0 aromatic heterocycles. The zero-order valence-corrected chi connectivity index (χ0v) is 49.7. The van der Waals surface area contributed by atoms with Crippen molar-refractivity contribution >= 4 is 98.8 Å². The lowest BCUT2D eigenvalue weighted by atomic mass is 9.87. The number of rotatable bonds is 20. The Morgan fingerprint density at radius 3 is 0.821 bits per heavy atom. The fourth-order valence-electron chi connectivity index (χ4n) is 13.2. The van der Waals surface area contributed by atoms with Gasteiger partial charge >= 0.3 is 0 Å². The normalized spacial score (nSPS) is 11.7. The van der Waals surface area contributed by atoms with E-state index in [0.717, 1.165) is 105 Å². The van der Waals surface area contributed by atoms with Crippen molar-refractivity contribution in [3.8, 4) is 45.3 Å². The van der Waals surface area contributed by atoms with Crippen LogP contribution in [0.2, 0.25) is 0 Å². The van der Waals surface area contributed by atoms with Gasteiger partial charge in [-0.05, 0) is 237 Å². The Morgan fingerprint density at radius 1 is 0.262 bits per heavy atom. The summed E-state index contributed by atoms with van der Waals surface area (Å²) in [6, 6.07) is 72.0. The van der Waals surface area contributed by atoms with Crippen LogP contribution in [0.25, 0.3) is 86.9 Å². The second kappa shape index (κ2) is 22.8. The van der Waals surface area contributed by atoms with Crippen LogP contribution in [-0.4, -0.2) is 26.4 Å². The maximum atomic E-state index is 6.22. The van der Waals surface area contributed by atoms with Crippen molar-refractivity contribution in [3.05, 3.63) is 216 Å². The molecule has 6 nitrogen and oxygen atoms in total. The molecule has 0 atom stereocenters. The van der Waals surface area contributed by atoms with Gasteiger partial charge in [0.25, 0.3) is 0 Å². The molecule has 13 aromatic carbocycles. The second-order valence-electron chi connectivity index (χ2n) is 22.6. The summed E-state index contributed by atoms with van der Waals surface area (Å²) >= 11 is 0. The van der Waals surface area contributed by atoms with Crippen molar-refractivity contribution < 1.29 is 18.9 Å². The lowest BCUT2D eigenvalue weighted by molar-refractivity contribution is 0.317. The third kappa shape index (κ3) is 9.29. The summed E-state index contributed by atoms with van der Waals surface area (Å²) in [4.78, 5) is 4.92. The van der Waals surface area contributed by atoms with Crippen LogP contribution in [0.4, 0.5) is 34.1 Å². The molecule has 0 amide bonds. The fourth-order valence-corrected chi connectivity index (χ4v) is 13.2. The molecule has 0 radical (unpaired) electrons. The van der Waals surface area contributed by atoms with E-state index in [1.807, 2.05) is 0 Å². The molecule has 0 unspecified atom stereocenters. The molecular formula is C78H72N2O4. The summed E-state index contributed by atoms with van der Waals surface area (Å²) in [6.07, 6.45) is 3.78. The van der Waals surface area contributed by atoms with Gasteiger partial charge in [-0.25, -0.2) is 0 Å². The predicted molar refractivity (Wildman–Crippen MR) is 356 cm³/mol. The largest absolute Gasteiger partial charge is 0.494 e. The Bertz CT molecular complexity index is 4090. The van der Waals surface area contributed by atoms with Crippen LogP contribution in [0.1, 0.15) is 75.6 Å². The molecule has 0 spiro atoms. The summed E-state index contributed by atoms with van der Waals surface area (Å²) in [6.45, 7) is 20.1. The van der Waals surface area contributed by atoms with E-state index < -0.39 is 0 Å². The molecular weight excluding hydrogens is 1030 g/mol. The van der Waals surface area contributed by atoms with Gasteiger partial charge in [0.2, 0.25) is 0 Å². The van der Waals surface area contributed by atoms with Crippen molar-refractivity contribution in [2.24, 2.45) is 0 Å². The van der Waals surface area contributed by atoms with E-state index in [1.54, 1.807) is 0 Å². The summed E-state index contributed by atoms with van der Waals surface area (Å²) in [7, 11) is 0. The summed E-state index contributed by atoms with van der Waals surface area (Å²) in [5.41, 5.74) is 16.0. The van der Waals surface area contributed by atoms with Gasteiger partial charge in [0, 0.05) is 33.5 Å². The minimum absolute atomic E-state index is 0.671. The van der Waals surface area contributed by atoms with E-state index >= 15 is 0 Å². The third-order valence-electron chi connectivity index (χ3n) is 16.7. The first-order valence-electron chi connectivity index (χ1n) is 30.2. The minimum Gasteiger partial charge on any atom is -0.494 e. The van der Waals surface area contributed by atoms with Crippen molar-refractivity contribution in [3.63, 3.8) is 0 Å². The Labute approximate surface area is 494 Å². The van der Waals surface area contributed by atoms with Crippen LogP contribution < -0.4 is 28.7 Å². The van der Waals surface area contributed by atoms with Crippen LogP contribution in [0.15, 0.2) is 194 Å². The quantitative estimate of drug-likeness (QED) is 0.0758. The van der Waals surface area contributed by atoms with Gasteiger partial charge in [0.1, 0.15) is 23.0 Å². The number of anilines is 6. The number of fused-ring (bicyclic) bond motifs is 6. The number of ether oxygens (including phenoxy) is 4. The van der Waals surface area contributed by atoms with E-state index in [0.29, 0.717) is 26.4 Å².